The molecule has 0 spiro atoms. The van der Waals surface area contributed by atoms with Crippen LogP contribution in [0, 0.1) is 5.41 Å². The first kappa shape index (κ1) is 24.0. The minimum Gasteiger partial charge on any atom is -0.327 e. The molecule has 1 atom stereocenters. The molecule has 1 heteroatoms. The van der Waals surface area contributed by atoms with E-state index in [-0.39, 0.29) is 0 Å². The molecule has 0 amide bonds. The highest BCUT2D eigenvalue weighted by Crippen LogP contribution is 2.29. The summed E-state index contributed by atoms with van der Waals surface area (Å²) < 4.78 is 0. The Bertz CT molecular complexity index is 246. The second-order valence-corrected chi connectivity index (χ2v) is 8.73. The van der Waals surface area contributed by atoms with Crippen molar-refractivity contribution in [2.45, 2.75) is 143 Å². The molecular formula is C23H49N. The van der Waals surface area contributed by atoms with Gasteiger partial charge in [0.25, 0.3) is 0 Å². The molecule has 0 aromatic rings. The summed E-state index contributed by atoms with van der Waals surface area (Å²) in [5.41, 5.74) is 6.71. The molecule has 0 saturated carbocycles. The van der Waals surface area contributed by atoms with Crippen LogP contribution in [-0.4, -0.2) is 6.04 Å². The van der Waals surface area contributed by atoms with Gasteiger partial charge in [-0.05, 0) is 18.3 Å². The molecule has 0 bridgehead atoms. The minimum atomic E-state index is 0.326. The van der Waals surface area contributed by atoms with E-state index < -0.39 is 0 Å². The molecule has 24 heavy (non-hydrogen) atoms. The Balaban J connectivity index is 3.35. The molecule has 0 rings (SSSR count). The van der Waals surface area contributed by atoms with Crippen molar-refractivity contribution < 1.29 is 0 Å². The Kier molecular flexibility index (Phi) is 16.4. The van der Waals surface area contributed by atoms with E-state index in [2.05, 4.69) is 27.7 Å². The predicted molar refractivity (Wildman–Crippen MR) is 112 cm³/mol. The van der Waals surface area contributed by atoms with Crippen LogP contribution in [0.5, 0.6) is 0 Å². The first-order valence-corrected chi connectivity index (χ1v) is 11.3. The zero-order valence-electron chi connectivity index (χ0n) is 17.7. The Morgan fingerprint density at radius 1 is 0.583 bits per heavy atom. The lowest BCUT2D eigenvalue weighted by Gasteiger charge is -2.32. The van der Waals surface area contributed by atoms with Gasteiger partial charge in [0.2, 0.25) is 0 Å². The summed E-state index contributed by atoms with van der Waals surface area (Å²) in [4.78, 5) is 0. The fraction of sp³-hybridized carbons (Fsp3) is 1.00. The van der Waals surface area contributed by atoms with Crippen LogP contribution in [0.15, 0.2) is 0 Å². The Labute approximate surface area is 154 Å². The van der Waals surface area contributed by atoms with E-state index >= 15 is 0 Å². The van der Waals surface area contributed by atoms with Crippen molar-refractivity contribution in [1.82, 2.24) is 0 Å². The van der Waals surface area contributed by atoms with Crippen LogP contribution in [0.3, 0.4) is 0 Å². The van der Waals surface area contributed by atoms with Crippen molar-refractivity contribution in [3.8, 4) is 0 Å². The van der Waals surface area contributed by atoms with E-state index in [0.717, 1.165) is 0 Å². The molecule has 0 aliphatic rings. The molecular weight excluding hydrogens is 290 g/mol. The van der Waals surface area contributed by atoms with Gasteiger partial charge in [-0.15, -0.1) is 0 Å². The highest BCUT2D eigenvalue weighted by Gasteiger charge is 2.24. The SMILES string of the molecule is CCCCCCCCCCCCCCCC(C)(C)C(N)CCCC. The van der Waals surface area contributed by atoms with Crippen LogP contribution >= 0.6 is 0 Å². The third-order valence-electron chi connectivity index (χ3n) is 5.80. The zero-order valence-corrected chi connectivity index (χ0v) is 17.7. The van der Waals surface area contributed by atoms with Crippen LogP contribution in [0.2, 0.25) is 0 Å². The quantitative estimate of drug-likeness (QED) is 0.251. The second-order valence-electron chi connectivity index (χ2n) is 8.73. The van der Waals surface area contributed by atoms with Crippen LogP contribution in [0.25, 0.3) is 0 Å². The molecule has 2 N–H and O–H groups in total. The Morgan fingerprint density at radius 2 is 0.958 bits per heavy atom. The van der Waals surface area contributed by atoms with Gasteiger partial charge in [-0.25, -0.2) is 0 Å². The summed E-state index contributed by atoms with van der Waals surface area (Å²) in [7, 11) is 0. The largest absolute Gasteiger partial charge is 0.327 e. The van der Waals surface area contributed by atoms with Crippen molar-refractivity contribution in [2.75, 3.05) is 0 Å². The van der Waals surface area contributed by atoms with Crippen LogP contribution in [0.1, 0.15) is 137 Å². The second kappa shape index (κ2) is 16.4. The van der Waals surface area contributed by atoms with Crippen LogP contribution in [-0.2, 0) is 0 Å². The summed E-state index contributed by atoms with van der Waals surface area (Å²) >= 11 is 0. The van der Waals surface area contributed by atoms with Crippen molar-refractivity contribution in [3.05, 3.63) is 0 Å². The minimum absolute atomic E-state index is 0.326. The number of rotatable bonds is 18. The van der Waals surface area contributed by atoms with Gasteiger partial charge < -0.3 is 5.73 Å². The molecule has 0 radical (unpaired) electrons. The van der Waals surface area contributed by atoms with Crippen molar-refractivity contribution in [1.29, 1.82) is 0 Å². The monoisotopic (exact) mass is 339 g/mol. The van der Waals surface area contributed by atoms with Gasteiger partial charge in [0.15, 0.2) is 0 Å². The average molecular weight is 340 g/mol. The summed E-state index contributed by atoms with van der Waals surface area (Å²) in [5, 5.41) is 0. The third kappa shape index (κ3) is 14.3. The molecule has 0 aliphatic heterocycles. The van der Waals surface area contributed by atoms with Gasteiger partial charge in [0, 0.05) is 6.04 Å². The number of unbranched alkanes of at least 4 members (excludes halogenated alkanes) is 13. The van der Waals surface area contributed by atoms with E-state index in [1.54, 1.807) is 0 Å². The topological polar surface area (TPSA) is 26.0 Å². The summed E-state index contributed by atoms with van der Waals surface area (Å²) in [5.74, 6) is 0. The Hall–Kier alpha value is -0.0400. The molecule has 0 heterocycles. The first-order valence-electron chi connectivity index (χ1n) is 11.3. The van der Waals surface area contributed by atoms with Crippen LogP contribution in [0.4, 0.5) is 0 Å². The maximum atomic E-state index is 6.38. The zero-order chi connectivity index (χ0) is 18.1. The fourth-order valence-corrected chi connectivity index (χ4v) is 3.60. The van der Waals surface area contributed by atoms with E-state index in [1.807, 2.05) is 0 Å². The number of hydrogen-bond donors (Lipinski definition) is 1. The van der Waals surface area contributed by atoms with Crippen molar-refractivity contribution in [3.63, 3.8) is 0 Å². The standard InChI is InChI=1S/C23H49N/c1-5-7-9-10-11-12-13-14-15-16-17-18-19-21-23(3,4)22(24)20-8-6-2/h22H,5-21,24H2,1-4H3. The maximum absolute atomic E-state index is 6.38. The van der Waals surface area contributed by atoms with Gasteiger partial charge in [-0.1, -0.05) is 124 Å². The van der Waals surface area contributed by atoms with E-state index in [4.69, 9.17) is 5.73 Å². The van der Waals surface area contributed by atoms with E-state index in [9.17, 15) is 0 Å². The third-order valence-corrected chi connectivity index (χ3v) is 5.80. The first-order chi connectivity index (χ1) is 11.5. The molecule has 1 unspecified atom stereocenters. The number of nitrogens with two attached hydrogens (primary N) is 1. The summed E-state index contributed by atoms with van der Waals surface area (Å²) in [6.07, 6.45) is 23.7. The average Bonchev–Trinajstić information content (AvgIpc) is 2.56. The normalized spacial score (nSPS) is 13.4. The summed E-state index contributed by atoms with van der Waals surface area (Å²) in [6.45, 7) is 9.29. The van der Waals surface area contributed by atoms with Gasteiger partial charge in [-0.2, -0.15) is 0 Å². The molecule has 0 fully saturated rings. The van der Waals surface area contributed by atoms with Gasteiger partial charge in [-0.3, -0.25) is 0 Å². The van der Waals surface area contributed by atoms with Gasteiger partial charge >= 0.3 is 0 Å². The molecule has 0 aromatic carbocycles. The lowest BCUT2D eigenvalue weighted by atomic mass is 9.78. The fourth-order valence-electron chi connectivity index (χ4n) is 3.60. The molecule has 0 aromatic heterocycles. The highest BCUT2D eigenvalue weighted by molar-refractivity contribution is 4.81. The highest BCUT2D eigenvalue weighted by atomic mass is 14.7. The Morgan fingerprint density at radius 3 is 1.38 bits per heavy atom. The van der Waals surface area contributed by atoms with Crippen molar-refractivity contribution in [2.24, 2.45) is 11.1 Å². The molecule has 146 valence electrons. The maximum Gasteiger partial charge on any atom is 0.00902 e. The van der Waals surface area contributed by atoms with Gasteiger partial charge in [0.1, 0.15) is 0 Å². The van der Waals surface area contributed by atoms with E-state index in [0.29, 0.717) is 11.5 Å². The number of hydrogen-bond acceptors (Lipinski definition) is 1. The molecule has 0 aliphatic carbocycles. The molecule has 1 nitrogen and oxygen atoms in total. The predicted octanol–water partition coefficient (Wildman–Crippen LogP) is 8.01. The van der Waals surface area contributed by atoms with Crippen molar-refractivity contribution >= 4 is 0 Å². The smallest absolute Gasteiger partial charge is 0.00902 e. The summed E-state index contributed by atoms with van der Waals surface area (Å²) in [6, 6.07) is 0.384. The van der Waals surface area contributed by atoms with E-state index in [1.165, 1.54) is 109 Å². The molecule has 0 saturated heterocycles. The lowest BCUT2D eigenvalue weighted by Crippen LogP contribution is -2.37. The van der Waals surface area contributed by atoms with Crippen LogP contribution < -0.4 is 5.73 Å². The lowest BCUT2D eigenvalue weighted by molar-refractivity contribution is 0.239. The van der Waals surface area contributed by atoms with Gasteiger partial charge in [0.05, 0.1) is 0 Å².